The highest BCUT2D eigenvalue weighted by Crippen LogP contribution is 2.12. The number of nitrogens with zero attached hydrogens (tertiary/aromatic N) is 2. The highest BCUT2D eigenvalue weighted by Gasteiger charge is 2.25. The van der Waals surface area contributed by atoms with E-state index in [9.17, 15) is 4.79 Å². The van der Waals surface area contributed by atoms with Crippen LogP contribution in [0, 0.1) is 12.3 Å². The van der Waals surface area contributed by atoms with Gasteiger partial charge in [-0.15, -0.1) is 24.8 Å². The monoisotopic (exact) mass is 288 g/mol. The van der Waals surface area contributed by atoms with Crippen LogP contribution >= 0.6 is 12.4 Å². The summed E-state index contributed by atoms with van der Waals surface area (Å²) in [6.07, 6.45) is 6.88. The van der Waals surface area contributed by atoms with Crippen molar-refractivity contribution in [3.05, 3.63) is 0 Å². The zero-order valence-electron chi connectivity index (χ0n) is 12.1. The van der Waals surface area contributed by atoms with Crippen LogP contribution in [-0.2, 0) is 4.74 Å². The summed E-state index contributed by atoms with van der Waals surface area (Å²) in [7, 11) is 0. The molecule has 0 saturated carbocycles. The second-order valence-electron chi connectivity index (χ2n) is 5.62. The summed E-state index contributed by atoms with van der Waals surface area (Å²) in [5.74, 6) is 2.65. The summed E-state index contributed by atoms with van der Waals surface area (Å²) in [4.78, 5) is 16.0. The third-order valence-corrected chi connectivity index (χ3v) is 2.82. The van der Waals surface area contributed by atoms with Crippen LogP contribution in [-0.4, -0.2) is 54.2 Å². The first-order valence-electron chi connectivity index (χ1n) is 6.56. The maximum Gasteiger partial charge on any atom is 0.410 e. The number of hydrogen-bond acceptors (Lipinski definition) is 3. The molecule has 1 heterocycles. The van der Waals surface area contributed by atoms with Crippen molar-refractivity contribution in [3.63, 3.8) is 0 Å². The van der Waals surface area contributed by atoms with E-state index in [2.05, 4.69) is 10.8 Å². The highest BCUT2D eigenvalue weighted by atomic mass is 35.5. The number of amides is 1. The SMILES string of the molecule is C#CCCCN1CCN(C(=O)OC(C)(C)C)CC1.Cl. The van der Waals surface area contributed by atoms with Crippen molar-refractivity contribution in [1.82, 2.24) is 9.80 Å². The Morgan fingerprint density at radius 3 is 2.32 bits per heavy atom. The molecule has 19 heavy (non-hydrogen) atoms. The molecule has 0 bridgehead atoms. The Balaban J connectivity index is 0.00000324. The van der Waals surface area contributed by atoms with Crippen LogP contribution < -0.4 is 0 Å². The molecule has 0 aromatic heterocycles. The van der Waals surface area contributed by atoms with E-state index >= 15 is 0 Å². The number of ether oxygens (including phenoxy) is 1. The van der Waals surface area contributed by atoms with E-state index in [1.165, 1.54) is 0 Å². The zero-order chi connectivity index (χ0) is 13.6. The minimum atomic E-state index is -0.416. The summed E-state index contributed by atoms with van der Waals surface area (Å²) >= 11 is 0. The van der Waals surface area contributed by atoms with Crippen LogP contribution in [0.5, 0.6) is 0 Å². The van der Waals surface area contributed by atoms with E-state index in [1.807, 2.05) is 20.8 Å². The molecule has 1 aliphatic rings. The molecule has 0 radical (unpaired) electrons. The smallest absolute Gasteiger partial charge is 0.410 e. The molecule has 0 spiro atoms. The van der Waals surface area contributed by atoms with Gasteiger partial charge in [0.25, 0.3) is 0 Å². The molecule has 0 aliphatic carbocycles. The van der Waals surface area contributed by atoms with Crippen LogP contribution in [0.15, 0.2) is 0 Å². The summed E-state index contributed by atoms with van der Waals surface area (Å²) in [6.45, 7) is 9.98. The molecule has 0 aromatic rings. The van der Waals surface area contributed by atoms with Crippen LogP contribution in [0.3, 0.4) is 0 Å². The molecule has 1 fully saturated rings. The molecule has 0 atom stereocenters. The van der Waals surface area contributed by atoms with Gasteiger partial charge in [0.15, 0.2) is 0 Å². The van der Waals surface area contributed by atoms with Gasteiger partial charge in [-0.3, -0.25) is 4.90 Å². The molecule has 1 amide bonds. The highest BCUT2D eigenvalue weighted by molar-refractivity contribution is 5.85. The van der Waals surface area contributed by atoms with Crippen molar-refractivity contribution in [1.29, 1.82) is 0 Å². The number of carbonyl (C=O) groups excluding carboxylic acids is 1. The van der Waals surface area contributed by atoms with Crippen LogP contribution in [0.2, 0.25) is 0 Å². The van der Waals surface area contributed by atoms with Gasteiger partial charge in [-0.25, -0.2) is 4.79 Å². The Morgan fingerprint density at radius 1 is 1.26 bits per heavy atom. The topological polar surface area (TPSA) is 32.8 Å². The van der Waals surface area contributed by atoms with Crippen LogP contribution in [0.25, 0.3) is 0 Å². The van der Waals surface area contributed by atoms with E-state index in [4.69, 9.17) is 11.2 Å². The van der Waals surface area contributed by atoms with E-state index in [-0.39, 0.29) is 18.5 Å². The molecule has 5 heteroatoms. The largest absolute Gasteiger partial charge is 0.444 e. The minimum absolute atomic E-state index is 0. The number of rotatable bonds is 3. The van der Waals surface area contributed by atoms with Crippen molar-refractivity contribution in [3.8, 4) is 12.3 Å². The Labute approximate surface area is 122 Å². The second kappa shape index (κ2) is 8.29. The fourth-order valence-electron chi connectivity index (χ4n) is 1.89. The molecule has 0 unspecified atom stereocenters. The molecule has 1 aliphatic heterocycles. The molecule has 4 nitrogen and oxygen atoms in total. The lowest BCUT2D eigenvalue weighted by Gasteiger charge is -2.35. The number of carbonyl (C=O) groups is 1. The fraction of sp³-hybridized carbons (Fsp3) is 0.786. The van der Waals surface area contributed by atoms with Gasteiger partial charge in [-0.1, -0.05) is 0 Å². The molecule has 0 aromatic carbocycles. The average molecular weight is 289 g/mol. The molecule has 110 valence electrons. The van der Waals surface area contributed by atoms with Gasteiger partial charge in [-0.2, -0.15) is 0 Å². The van der Waals surface area contributed by atoms with E-state index < -0.39 is 5.60 Å². The van der Waals surface area contributed by atoms with Gasteiger partial charge < -0.3 is 9.64 Å². The maximum absolute atomic E-state index is 11.8. The van der Waals surface area contributed by atoms with Gasteiger partial charge in [0.2, 0.25) is 0 Å². The van der Waals surface area contributed by atoms with Crippen molar-refractivity contribution < 1.29 is 9.53 Å². The number of unbranched alkanes of at least 4 members (excludes halogenated alkanes) is 1. The Hall–Kier alpha value is -0.920. The summed E-state index contributed by atoms with van der Waals surface area (Å²) in [5.41, 5.74) is -0.416. The quantitative estimate of drug-likeness (QED) is 0.590. The number of halogens is 1. The second-order valence-corrected chi connectivity index (χ2v) is 5.62. The Morgan fingerprint density at radius 2 is 1.84 bits per heavy atom. The number of terminal acetylenes is 1. The molecular weight excluding hydrogens is 264 g/mol. The Kier molecular flexibility index (Phi) is 7.89. The van der Waals surface area contributed by atoms with Crippen molar-refractivity contribution in [2.75, 3.05) is 32.7 Å². The lowest BCUT2D eigenvalue weighted by Crippen LogP contribution is -2.50. The van der Waals surface area contributed by atoms with Gasteiger partial charge in [0, 0.05) is 32.6 Å². The molecule has 0 N–H and O–H groups in total. The number of piperazine rings is 1. The first-order valence-corrected chi connectivity index (χ1v) is 6.56. The van der Waals surface area contributed by atoms with E-state index in [0.717, 1.165) is 45.6 Å². The molecule has 1 rings (SSSR count). The third-order valence-electron chi connectivity index (χ3n) is 2.82. The standard InChI is InChI=1S/C14H24N2O2.ClH/c1-5-6-7-8-15-9-11-16(12-10-15)13(17)18-14(2,3)4;/h1H,6-12H2,2-4H3;1H. The normalized spacial score (nSPS) is 16.4. The third kappa shape index (κ3) is 7.29. The van der Waals surface area contributed by atoms with Gasteiger partial charge in [-0.05, 0) is 33.7 Å². The lowest BCUT2D eigenvalue weighted by atomic mass is 10.2. The van der Waals surface area contributed by atoms with Gasteiger partial charge in [0.05, 0.1) is 0 Å². The predicted molar refractivity (Wildman–Crippen MR) is 79.6 cm³/mol. The summed E-state index contributed by atoms with van der Waals surface area (Å²) < 4.78 is 5.35. The van der Waals surface area contributed by atoms with Crippen molar-refractivity contribution in [2.45, 2.75) is 39.2 Å². The van der Waals surface area contributed by atoms with Crippen molar-refractivity contribution >= 4 is 18.5 Å². The molecule has 1 saturated heterocycles. The first-order chi connectivity index (χ1) is 8.42. The van der Waals surface area contributed by atoms with Gasteiger partial charge in [0.1, 0.15) is 5.60 Å². The van der Waals surface area contributed by atoms with Crippen LogP contribution in [0.4, 0.5) is 4.79 Å². The van der Waals surface area contributed by atoms with E-state index in [1.54, 1.807) is 4.90 Å². The minimum Gasteiger partial charge on any atom is -0.444 e. The fourth-order valence-corrected chi connectivity index (χ4v) is 1.89. The Bertz CT molecular complexity index is 312. The number of hydrogen-bond donors (Lipinski definition) is 0. The zero-order valence-corrected chi connectivity index (χ0v) is 13.0. The first kappa shape index (κ1) is 18.1. The van der Waals surface area contributed by atoms with Crippen LogP contribution in [0.1, 0.15) is 33.6 Å². The maximum atomic E-state index is 11.8. The average Bonchev–Trinajstić information content (AvgIpc) is 2.28. The summed E-state index contributed by atoms with van der Waals surface area (Å²) in [5, 5.41) is 0. The lowest BCUT2D eigenvalue weighted by molar-refractivity contribution is 0.0145. The summed E-state index contributed by atoms with van der Waals surface area (Å²) in [6, 6.07) is 0. The van der Waals surface area contributed by atoms with Crippen molar-refractivity contribution in [2.24, 2.45) is 0 Å². The molecular formula is C14H25ClN2O2. The predicted octanol–water partition coefficient (Wildman–Crippen LogP) is 2.37. The van der Waals surface area contributed by atoms with E-state index in [0.29, 0.717) is 0 Å². The van der Waals surface area contributed by atoms with Gasteiger partial charge >= 0.3 is 6.09 Å².